The van der Waals surface area contributed by atoms with Crippen LogP contribution in [0.25, 0.3) is 11.4 Å². The Kier molecular flexibility index (Phi) is 3.36. The van der Waals surface area contributed by atoms with Crippen LogP contribution in [0.4, 0.5) is 17.6 Å². The first-order valence-electron chi connectivity index (χ1n) is 6.26. The molecule has 1 aromatic carbocycles. The molecule has 1 aliphatic carbocycles. The first-order chi connectivity index (χ1) is 9.84. The second kappa shape index (κ2) is 4.94. The van der Waals surface area contributed by atoms with E-state index in [0.717, 1.165) is 25.0 Å². The molecular weight excluding hydrogens is 308 g/mol. The third-order valence-corrected chi connectivity index (χ3v) is 3.43. The van der Waals surface area contributed by atoms with E-state index >= 15 is 0 Å². The molecule has 2 aromatic rings. The monoisotopic (exact) mass is 316 g/mol. The summed E-state index contributed by atoms with van der Waals surface area (Å²) in [7, 11) is 0. The predicted molar refractivity (Wildman–Crippen MR) is 69.4 cm³/mol. The van der Waals surface area contributed by atoms with E-state index in [1.165, 1.54) is 6.07 Å². The van der Waals surface area contributed by atoms with Crippen LogP contribution in [0.1, 0.15) is 30.0 Å². The van der Waals surface area contributed by atoms with Gasteiger partial charge in [0.25, 0.3) is 0 Å². The molecule has 21 heavy (non-hydrogen) atoms. The molecule has 0 unspecified atom stereocenters. The molecule has 2 nitrogen and oxygen atoms in total. The van der Waals surface area contributed by atoms with Crippen LogP contribution in [0.15, 0.2) is 24.3 Å². The lowest BCUT2D eigenvalue weighted by atomic mass is 10.1. The van der Waals surface area contributed by atoms with Crippen LogP contribution < -0.4 is 0 Å². The number of hydrogen-bond acceptors (Lipinski definition) is 2. The average molecular weight is 317 g/mol. The second-order valence-electron chi connectivity index (χ2n) is 4.90. The molecule has 1 aliphatic rings. The molecule has 110 valence electrons. The molecule has 0 N–H and O–H groups in total. The molecule has 1 heterocycles. The molecule has 0 radical (unpaired) electrons. The summed E-state index contributed by atoms with van der Waals surface area (Å²) in [6.45, 7) is 0. The number of rotatable bonds is 2. The maximum atomic E-state index is 13.3. The van der Waals surface area contributed by atoms with Crippen molar-refractivity contribution in [1.29, 1.82) is 0 Å². The van der Waals surface area contributed by atoms with Crippen LogP contribution >= 0.6 is 11.6 Å². The SMILES string of the molecule is Fc1ccc(C(F)(F)F)c(-c2nc(Cl)cc(C3CC3)n2)c1. The van der Waals surface area contributed by atoms with Crippen LogP contribution in [0.2, 0.25) is 5.15 Å². The Morgan fingerprint density at radius 1 is 1.10 bits per heavy atom. The minimum absolute atomic E-state index is 0.0549. The Morgan fingerprint density at radius 3 is 2.43 bits per heavy atom. The fraction of sp³-hybridized carbons (Fsp3) is 0.286. The lowest BCUT2D eigenvalue weighted by molar-refractivity contribution is -0.137. The van der Waals surface area contributed by atoms with Crippen molar-refractivity contribution in [2.45, 2.75) is 24.9 Å². The van der Waals surface area contributed by atoms with Crippen molar-refractivity contribution in [3.63, 3.8) is 0 Å². The van der Waals surface area contributed by atoms with E-state index in [1.54, 1.807) is 0 Å². The Labute approximate surface area is 122 Å². The van der Waals surface area contributed by atoms with Crippen LogP contribution in [0.5, 0.6) is 0 Å². The Morgan fingerprint density at radius 2 is 1.81 bits per heavy atom. The number of alkyl halides is 3. The summed E-state index contributed by atoms with van der Waals surface area (Å²) in [5.74, 6) is -0.780. The third-order valence-electron chi connectivity index (χ3n) is 3.24. The van der Waals surface area contributed by atoms with E-state index in [9.17, 15) is 17.6 Å². The number of nitrogens with zero attached hydrogens (tertiary/aromatic N) is 2. The summed E-state index contributed by atoms with van der Waals surface area (Å²) in [6.07, 6.45) is -2.78. The van der Waals surface area contributed by atoms with Crippen LogP contribution in [-0.2, 0) is 6.18 Å². The predicted octanol–water partition coefficient (Wildman–Crippen LogP) is 4.83. The van der Waals surface area contributed by atoms with E-state index in [-0.39, 0.29) is 16.9 Å². The van der Waals surface area contributed by atoms with E-state index in [4.69, 9.17) is 11.6 Å². The smallest absolute Gasteiger partial charge is 0.233 e. The van der Waals surface area contributed by atoms with Gasteiger partial charge in [-0.3, -0.25) is 0 Å². The second-order valence-corrected chi connectivity index (χ2v) is 5.29. The molecule has 1 saturated carbocycles. The van der Waals surface area contributed by atoms with Crippen molar-refractivity contribution in [2.24, 2.45) is 0 Å². The normalized spacial score (nSPS) is 15.3. The summed E-state index contributed by atoms with van der Waals surface area (Å²) in [5, 5.41) is 0.0549. The van der Waals surface area contributed by atoms with Crippen molar-refractivity contribution < 1.29 is 17.6 Å². The highest BCUT2D eigenvalue weighted by Crippen LogP contribution is 2.41. The molecule has 0 aliphatic heterocycles. The molecule has 1 aromatic heterocycles. The number of aromatic nitrogens is 2. The summed E-state index contributed by atoms with van der Waals surface area (Å²) in [6, 6.07) is 3.77. The molecule has 1 fully saturated rings. The molecule has 0 amide bonds. The zero-order valence-electron chi connectivity index (χ0n) is 10.6. The molecular formula is C14H9ClF4N2. The maximum absolute atomic E-state index is 13.3. The van der Waals surface area contributed by atoms with Crippen molar-refractivity contribution in [1.82, 2.24) is 9.97 Å². The highest BCUT2D eigenvalue weighted by Gasteiger charge is 2.35. The van der Waals surface area contributed by atoms with E-state index in [2.05, 4.69) is 9.97 Å². The van der Waals surface area contributed by atoms with Gasteiger partial charge in [0.15, 0.2) is 5.82 Å². The van der Waals surface area contributed by atoms with Gasteiger partial charge in [0.1, 0.15) is 11.0 Å². The number of benzene rings is 1. The highest BCUT2D eigenvalue weighted by atomic mass is 35.5. The number of halogens is 5. The zero-order valence-corrected chi connectivity index (χ0v) is 11.3. The third kappa shape index (κ3) is 3.00. The fourth-order valence-corrected chi connectivity index (χ4v) is 2.28. The molecule has 0 saturated heterocycles. The minimum atomic E-state index is -4.62. The van der Waals surface area contributed by atoms with Crippen LogP contribution in [0, 0.1) is 5.82 Å². The van der Waals surface area contributed by atoms with Crippen molar-refractivity contribution in [2.75, 3.05) is 0 Å². The average Bonchev–Trinajstić information content (AvgIpc) is 3.20. The summed E-state index contributed by atoms with van der Waals surface area (Å²) < 4.78 is 52.4. The highest BCUT2D eigenvalue weighted by molar-refractivity contribution is 6.29. The van der Waals surface area contributed by atoms with Gasteiger partial charge >= 0.3 is 6.18 Å². The largest absolute Gasteiger partial charge is 0.417 e. The maximum Gasteiger partial charge on any atom is 0.417 e. The summed E-state index contributed by atoms with van der Waals surface area (Å²) in [5.41, 5.74) is -0.776. The first kappa shape index (κ1) is 14.3. The fourth-order valence-electron chi connectivity index (χ4n) is 2.09. The van der Waals surface area contributed by atoms with E-state index in [1.807, 2.05) is 0 Å². The zero-order chi connectivity index (χ0) is 15.2. The molecule has 3 rings (SSSR count). The van der Waals surface area contributed by atoms with Gasteiger partial charge in [-0.1, -0.05) is 11.6 Å². The van der Waals surface area contributed by atoms with E-state index < -0.39 is 23.1 Å². The van der Waals surface area contributed by atoms with Crippen LogP contribution in [-0.4, -0.2) is 9.97 Å². The van der Waals surface area contributed by atoms with Crippen molar-refractivity contribution in [3.05, 3.63) is 46.5 Å². The van der Waals surface area contributed by atoms with E-state index in [0.29, 0.717) is 11.8 Å². The van der Waals surface area contributed by atoms with Gasteiger partial charge in [-0.15, -0.1) is 0 Å². The van der Waals surface area contributed by atoms with Crippen molar-refractivity contribution >= 4 is 11.6 Å². The Balaban J connectivity index is 2.17. The number of hydrogen-bond donors (Lipinski definition) is 0. The van der Waals surface area contributed by atoms with Gasteiger partial charge in [-0.25, -0.2) is 14.4 Å². The lowest BCUT2D eigenvalue weighted by Gasteiger charge is -2.12. The molecule has 0 atom stereocenters. The van der Waals surface area contributed by atoms with Crippen molar-refractivity contribution in [3.8, 4) is 11.4 Å². The Hall–Kier alpha value is -1.69. The van der Waals surface area contributed by atoms with Gasteiger partial charge in [0.05, 0.1) is 5.56 Å². The summed E-state index contributed by atoms with van der Waals surface area (Å²) in [4.78, 5) is 7.94. The standard InChI is InChI=1S/C14H9ClF4N2/c15-12-6-11(7-1-2-7)20-13(21-12)9-5-8(16)3-4-10(9)14(17,18)19/h3-7H,1-2H2. The molecule has 0 bridgehead atoms. The first-order valence-corrected chi connectivity index (χ1v) is 6.64. The van der Waals surface area contributed by atoms with Gasteiger partial charge in [0.2, 0.25) is 0 Å². The summed E-state index contributed by atoms with van der Waals surface area (Å²) >= 11 is 5.85. The van der Waals surface area contributed by atoms with Gasteiger partial charge in [-0.05, 0) is 37.1 Å². The molecule has 7 heteroatoms. The van der Waals surface area contributed by atoms with Gasteiger partial charge in [-0.2, -0.15) is 13.2 Å². The van der Waals surface area contributed by atoms with Gasteiger partial charge < -0.3 is 0 Å². The quantitative estimate of drug-likeness (QED) is 0.585. The van der Waals surface area contributed by atoms with Crippen LogP contribution in [0.3, 0.4) is 0 Å². The molecule has 0 spiro atoms. The van der Waals surface area contributed by atoms with Gasteiger partial charge in [0, 0.05) is 17.2 Å². The lowest BCUT2D eigenvalue weighted by Crippen LogP contribution is -2.09. The Bertz CT molecular complexity index is 696. The minimum Gasteiger partial charge on any atom is -0.233 e. The topological polar surface area (TPSA) is 25.8 Å².